The molecule has 2 aromatic carbocycles. The van der Waals surface area contributed by atoms with Crippen molar-refractivity contribution in [3.63, 3.8) is 0 Å². The van der Waals surface area contributed by atoms with Gasteiger partial charge in [-0.1, -0.05) is 12.1 Å². The maximum Gasteiger partial charge on any atom is 0.339 e. The average molecular weight is 334 g/mol. The third-order valence-electron chi connectivity index (χ3n) is 2.60. The van der Waals surface area contributed by atoms with Gasteiger partial charge in [0.25, 0.3) is 0 Å². The van der Waals surface area contributed by atoms with Crippen LogP contribution in [0.1, 0.15) is 21.5 Å². The molecule has 0 bridgehead atoms. The van der Waals surface area contributed by atoms with E-state index in [1.807, 2.05) is 6.07 Å². The van der Waals surface area contributed by atoms with Crippen molar-refractivity contribution >= 4 is 21.9 Å². The number of carbonyl (C=O) groups excluding carboxylic acids is 1. The first kappa shape index (κ1) is 14.2. The smallest absolute Gasteiger partial charge is 0.339 e. The van der Waals surface area contributed by atoms with Gasteiger partial charge in [0.15, 0.2) is 0 Å². The average Bonchev–Trinajstić information content (AvgIpc) is 2.47. The van der Waals surface area contributed by atoms with Crippen LogP contribution in [0.4, 0.5) is 4.39 Å². The molecule has 0 aliphatic heterocycles. The number of ether oxygens (including phenoxy) is 1. The molecule has 0 radical (unpaired) electrons. The molecule has 0 saturated heterocycles. The Hall–Kier alpha value is -2.19. The lowest BCUT2D eigenvalue weighted by atomic mass is 10.1. The second-order valence-electron chi connectivity index (χ2n) is 4.01. The number of hydrogen-bond acceptors (Lipinski definition) is 3. The highest BCUT2D eigenvalue weighted by Gasteiger charge is 2.12. The van der Waals surface area contributed by atoms with E-state index in [0.717, 1.165) is 11.6 Å². The summed E-state index contributed by atoms with van der Waals surface area (Å²) in [4.78, 5) is 11.8. The lowest BCUT2D eigenvalue weighted by Crippen LogP contribution is -2.06. The zero-order chi connectivity index (χ0) is 14.5. The fourth-order valence-electron chi connectivity index (χ4n) is 1.56. The van der Waals surface area contributed by atoms with Gasteiger partial charge in [-0.15, -0.1) is 0 Å². The molecule has 0 amide bonds. The number of esters is 1. The van der Waals surface area contributed by atoms with Crippen molar-refractivity contribution in [3.8, 4) is 6.07 Å². The van der Waals surface area contributed by atoms with E-state index in [0.29, 0.717) is 10.0 Å². The van der Waals surface area contributed by atoms with E-state index in [1.54, 1.807) is 24.3 Å². The van der Waals surface area contributed by atoms with E-state index in [9.17, 15) is 9.18 Å². The van der Waals surface area contributed by atoms with Crippen LogP contribution in [0.5, 0.6) is 0 Å². The molecule has 0 aliphatic rings. The van der Waals surface area contributed by atoms with Crippen LogP contribution < -0.4 is 0 Å². The Bertz CT molecular complexity index is 677. The Morgan fingerprint density at radius 2 is 1.95 bits per heavy atom. The first-order valence-corrected chi connectivity index (χ1v) is 6.50. The van der Waals surface area contributed by atoms with Crippen molar-refractivity contribution in [2.45, 2.75) is 6.61 Å². The Kier molecular flexibility index (Phi) is 4.49. The summed E-state index contributed by atoms with van der Waals surface area (Å²) >= 11 is 3.17. The van der Waals surface area contributed by atoms with E-state index in [-0.39, 0.29) is 12.2 Å². The highest BCUT2D eigenvalue weighted by molar-refractivity contribution is 9.10. The summed E-state index contributed by atoms with van der Waals surface area (Å²) in [6.45, 7) is 0.0630. The lowest BCUT2D eigenvalue weighted by molar-refractivity contribution is 0.0471. The SMILES string of the molecule is N#Cc1ccc(COC(=O)c2cc(F)ccc2Br)cc1. The molecular formula is C15H9BrFNO2. The number of benzene rings is 2. The molecule has 0 heterocycles. The van der Waals surface area contributed by atoms with Gasteiger partial charge in [0, 0.05) is 4.47 Å². The summed E-state index contributed by atoms with van der Waals surface area (Å²) < 4.78 is 18.7. The van der Waals surface area contributed by atoms with E-state index in [4.69, 9.17) is 10.00 Å². The molecule has 5 heteroatoms. The largest absolute Gasteiger partial charge is 0.457 e. The topological polar surface area (TPSA) is 50.1 Å². The normalized spacial score (nSPS) is 9.85. The zero-order valence-electron chi connectivity index (χ0n) is 10.3. The summed E-state index contributed by atoms with van der Waals surface area (Å²) in [6.07, 6.45) is 0. The van der Waals surface area contributed by atoms with Crippen LogP contribution >= 0.6 is 15.9 Å². The molecule has 3 nitrogen and oxygen atoms in total. The van der Waals surface area contributed by atoms with Crippen molar-refractivity contribution in [2.24, 2.45) is 0 Å². The predicted octanol–water partition coefficient (Wildman–Crippen LogP) is 3.82. The van der Waals surface area contributed by atoms with E-state index >= 15 is 0 Å². The van der Waals surface area contributed by atoms with Crippen molar-refractivity contribution in [1.29, 1.82) is 5.26 Å². The van der Waals surface area contributed by atoms with Crippen LogP contribution in [0.2, 0.25) is 0 Å². The molecule has 2 rings (SSSR count). The number of nitrogens with zero attached hydrogens (tertiary/aromatic N) is 1. The van der Waals surface area contributed by atoms with E-state index < -0.39 is 11.8 Å². The maximum absolute atomic E-state index is 13.1. The molecular weight excluding hydrogens is 325 g/mol. The molecule has 0 saturated carbocycles. The summed E-state index contributed by atoms with van der Waals surface area (Å²) in [5.74, 6) is -1.11. The van der Waals surface area contributed by atoms with Crippen LogP contribution in [-0.2, 0) is 11.3 Å². The van der Waals surface area contributed by atoms with Gasteiger partial charge in [-0.05, 0) is 51.8 Å². The van der Waals surface area contributed by atoms with E-state index in [1.165, 1.54) is 12.1 Å². The van der Waals surface area contributed by atoms with Crippen molar-refractivity contribution < 1.29 is 13.9 Å². The minimum absolute atomic E-state index is 0.0630. The highest BCUT2D eigenvalue weighted by Crippen LogP contribution is 2.19. The van der Waals surface area contributed by atoms with Gasteiger partial charge >= 0.3 is 5.97 Å². The fraction of sp³-hybridized carbons (Fsp3) is 0.0667. The summed E-state index contributed by atoms with van der Waals surface area (Å²) in [5, 5.41) is 8.68. The lowest BCUT2D eigenvalue weighted by Gasteiger charge is -2.06. The van der Waals surface area contributed by atoms with Gasteiger partial charge in [-0.25, -0.2) is 9.18 Å². The fourth-order valence-corrected chi connectivity index (χ4v) is 1.96. The monoisotopic (exact) mass is 333 g/mol. The van der Waals surface area contributed by atoms with Crippen LogP contribution in [-0.4, -0.2) is 5.97 Å². The number of hydrogen-bond donors (Lipinski definition) is 0. The Labute approximate surface area is 123 Å². The first-order chi connectivity index (χ1) is 9.60. The Morgan fingerprint density at radius 3 is 2.60 bits per heavy atom. The minimum atomic E-state index is -0.610. The van der Waals surface area contributed by atoms with Gasteiger partial charge in [0.2, 0.25) is 0 Å². The van der Waals surface area contributed by atoms with Crippen LogP contribution in [0.25, 0.3) is 0 Å². The molecule has 2 aromatic rings. The predicted molar refractivity (Wildman–Crippen MR) is 74.4 cm³/mol. The molecule has 0 atom stereocenters. The first-order valence-electron chi connectivity index (χ1n) is 5.71. The molecule has 20 heavy (non-hydrogen) atoms. The van der Waals surface area contributed by atoms with Crippen molar-refractivity contribution in [3.05, 3.63) is 69.4 Å². The molecule has 0 N–H and O–H groups in total. The third kappa shape index (κ3) is 3.43. The molecule has 0 aliphatic carbocycles. The standard InChI is InChI=1S/C15H9BrFNO2/c16-14-6-5-12(17)7-13(14)15(19)20-9-11-3-1-10(8-18)2-4-11/h1-7H,9H2. The minimum Gasteiger partial charge on any atom is -0.457 e. The van der Waals surface area contributed by atoms with Gasteiger partial charge < -0.3 is 4.74 Å². The highest BCUT2D eigenvalue weighted by atomic mass is 79.9. The summed E-state index contributed by atoms with van der Waals surface area (Å²) in [5.41, 5.74) is 1.43. The molecule has 100 valence electrons. The third-order valence-corrected chi connectivity index (χ3v) is 3.29. The number of rotatable bonds is 3. The van der Waals surface area contributed by atoms with Gasteiger partial charge in [-0.2, -0.15) is 5.26 Å². The van der Waals surface area contributed by atoms with Crippen molar-refractivity contribution in [1.82, 2.24) is 0 Å². The Morgan fingerprint density at radius 1 is 1.25 bits per heavy atom. The van der Waals surface area contributed by atoms with Crippen LogP contribution in [0.15, 0.2) is 46.9 Å². The molecule has 0 unspecified atom stereocenters. The molecule has 0 spiro atoms. The van der Waals surface area contributed by atoms with Crippen LogP contribution in [0.3, 0.4) is 0 Å². The quantitative estimate of drug-likeness (QED) is 0.802. The van der Waals surface area contributed by atoms with Crippen molar-refractivity contribution in [2.75, 3.05) is 0 Å². The van der Waals surface area contributed by atoms with Gasteiger partial charge in [-0.3, -0.25) is 0 Å². The van der Waals surface area contributed by atoms with Gasteiger partial charge in [0.1, 0.15) is 12.4 Å². The maximum atomic E-state index is 13.1. The number of carbonyl (C=O) groups is 1. The zero-order valence-corrected chi connectivity index (χ0v) is 11.9. The summed E-state index contributed by atoms with van der Waals surface area (Å²) in [7, 11) is 0. The molecule has 0 fully saturated rings. The van der Waals surface area contributed by atoms with E-state index in [2.05, 4.69) is 15.9 Å². The Balaban J connectivity index is 2.04. The second-order valence-corrected chi connectivity index (χ2v) is 4.86. The van der Waals surface area contributed by atoms with Gasteiger partial charge in [0.05, 0.1) is 17.2 Å². The number of nitriles is 1. The molecule has 0 aromatic heterocycles. The number of halogens is 2. The second kappa shape index (κ2) is 6.31. The van der Waals surface area contributed by atoms with Crippen LogP contribution in [0, 0.1) is 17.1 Å². The summed E-state index contributed by atoms with van der Waals surface area (Å²) in [6, 6.07) is 12.5.